The number of ketones is 1. The van der Waals surface area contributed by atoms with E-state index in [-0.39, 0.29) is 11.6 Å². The molecule has 1 rings (SSSR count). The molecule has 0 radical (unpaired) electrons. The molecule has 1 aromatic heterocycles. The van der Waals surface area contributed by atoms with Gasteiger partial charge in [-0.2, -0.15) is 0 Å². The third-order valence-electron chi connectivity index (χ3n) is 1.23. The van der Waals surface area contributed by atoms with Crippen LogP contribution in [0.1, 0.15) is 17.5 Å². The maximum Gasteiger partial charge on any atom is 0.218 e. The standard InChI is InChI=1S/C6H10N4O/c1-4(7)5(11)6-8-3-10(2)9-6/h3-4H,7H2,1-2H3/t4-/m0/s1. The molecule has 0 saturated carbocycles. The molecule has 0 bridgehead atoms. The van der Waals surface area contributed by atoms with Crippen molar-refractivity contribution < 1.29 is 4.79 Å². The quantitative estimate of drug-likeness (QED) is 0.574. The number of rotatable bonds is 2. The number of hydrogen-bond donors (Lipinski definition) is 1. The Bertz CT molecular complexity index is 265. The fourth-order valence-corrected chi connectivity index (χ4v) is 0.656. The van der Waals surface area contributed by atoms with E-state index in [2.05, 4.69) is 10.1 Å². The van der Waals surface area contributed by atoms with Crippen LogP contribution in [0.25, 0.3) is 0 Å². The molecule has 0 aliphatic heterocycles. The zero-order valence-corrected chi connectivity index (χ0v) is 6.48. The van der Waals surface area contributed by atoms with E-state index < -0.39 is 6.04 Å². The van der Waals surface area contributed by atoms with Crippen LogP contribution in [0.2, 0.25) is 0 Å². The van der Waals surface area contributed by atoms with Gasteiger partial charge in [-0.1, -0.05) is 0 Å². The van der Waals surface area contributed by atoms with Crippen molar-refractivity contribution in [2.24, 2.45) is 12.8 Å². The van der Waals surface area contributed by atoms with Crippen LogP contribution in [-0.4, -0.2) is 26.6 Å². The molecule has 0 saturated heterocycles. The predicted molar refractivity (Wildman–Crippen MR) is 39.0 cm³/mol. The van der Waals surface area contributed by atoms with Crippen LogP contribution < -0.4 is 5.73 Å². The fraction of sp³-hybridized carbons (Fsp3) is 0.500. The van der Waals surface area contributed by atoms with Gasteiger partial charge in [-0.3, -0.25) is 9.48 Å². The molecule has 0 unspecified atom stereocenters. The summed E-state index contributed by atoms with van der Waals surface area (Å²) in [5, 5.41) is 3.81. The Morgan fingerprint density at radius 3 is 2.82 bits per heavy atom. The Morgan fingerprint density at radius 1 is 1.82 bits per heavy atom. The lowest BCUT2D eigenvalue weighted by molar-refractivity contribution is 0.0957. The van der Waals surface area contributed by atoms with Crippen LogP contribution in [0.15, 0.2) is 6.33 Å². The summed E-state index contributed by atoms with van der Waals surface area (Å²) in [4.78, 5) is 14.9. The minimum Gasteiger partial charge on any atom is -0.321 e. The maximum atomic E-state index is 11.1. The highest BCUT2D eigenvalue weighted by Crippen LogP contribution is 1.92. The molecule has 0 fully saturated rings. The Kier molecular flexibility index (Phi) is 2.00. The third-order valence-corrected chi connectivity index (χ3v) is 1.23. The van der Waals surface area contributed by atoms with Gasteiger partial charge in [0.2, 0.25) is 11.6 Å². The summed E-state index contributed by atoms with van der Waals surface area (Å²) in [5.74, 6) is -0.0481. The van der Waals surface area contributed by atoms with Gasteiger partial charge < -0.3 is 5.73 Å². The summed E-state index contributed by atoms with van der Waals surface area (Å²) in [6.07, 6.45) is 1.47. The number of hydrogen-bond acceptors (Lipinski definition) is 4. The molecule has 1 heterocycles. The van der Waals surface area contributed by atoms with Crippen molar-refractivity contribution in [1.29, 1.82) is 0 Å². The first-order chi connectivity index (χ1) is 5.11. The number of aryl methyl sites for hydroxylation is 1. The van der Waals surface area contributed by atoms with Crippen molar-refractivity contribution in [2.45, 2.75) is 13.0 Å². The van der Waals surface area contributed by atoms with E-state index in [1.54, 1.807) is 14.0 Å². The lowest BCUT2D eigenvalue weighted by Crippen LogP contribution is -2.27. The van der Waals surface area contributed by atoms with Crippen molar-refractivity contribution in [3.8, 4) is 0 Å². The van der Waals surface area contributed by atoms with E-state index in [0.717, 1.165) is 0 Å². The van der Waals surface area contributed by atoms with E-state index in [0.29, 0.717) is 0 Å². The van der Waals surface area contributed by atoms with Gasteiger partial charge >= 0.3 is 0 Å². The Balaban J connectivity index is 2.85. The van der Waals surface area contributed by atoms with Gasteiger partial charge in [-0.05, 0) is 6.92 Å². The van der Waals surface area contributed by atoms with Crippen LogP contribution in [-0.2, 0) is 7.05 Å². The molecule has 5 nitrogen and oxygen atoms in total. The molecular weight excluding hydrogens is 144 g/mol. The molecule has 5 heteroatoms. The highest BCUT2D eigenvalue weighted by molar-refractivity contribution is 5.96. The number of nitrogens with two attached hydrogens (primary N) is 1. The number of carbonyl (C=O) groups excluding carboxylic acids is 1. The van der Waals surface area contributed by atoms with Gasteiger partial charge in [0.25, 0.3) is 0 Å². The van der Waals surface area contributed by atoms with Gasteiger partial charge in [0.05, 0.1) is 6.04 Å². The molecule has 2 N–H and O–H groups in total. The van der Waals surface area contributed by atoms with E-state index in [1.165, 1.54) is 11.0 Å². The third kappa shape index (κ3) is 1.62. The van der Waals surface area contributed by atoms with E-state index in [4.69, 9.17) is 5.73 Å². The Labute approximate surface area is 64.2 Å². The molecule has 1 aromatic rings. The molecule has 0 aromatic carbocycles. The normalized spacial score (nSPS) is 13.0. The molecule has 60 valence electrons. The molecule has 0 spiro atoms. The van der Waals surface area contributed by atoms with Crippen LogP contribution in [0.3, 0.4) is 0 Å². The molecular formula is C6H10N4O. The largest absolute Gasteiger partial charge is 0.321 e. The number of nitrogens with zero attached hydrogens (tertiary/aromatic N) is 3. The zero-order chi connectivity index (χ0) is 8.43. The average molecular weight is 154 g/mol. The summed E-state index contributed by atoms with van der Waals surface area (Å²) in [5.41, 5.74) is 5.34. The first-order valence-electron chi connectivity index (χ1n) is 3.26. The van der Waals surface area contributed by atoms with Crippen molar-refractivity contribution in [2.75, 3.05) is 0 Å². The van der Waals surface area contributed by atoms with E-state index in [9.17, 15) is 4.79 Å². The summed E-state index contributed by atoms with van der Waals surface area (Å²) < 4.78 is 1.47. The van der Waals surface area contributed by atoms with Gasteiger partial charge in [-0.15, -0.1) is 5.10 Å². The molecule has 0 amide bonds. The number of carbonyl (C=O) groups is 1. The molecule has 11 heavy (non-hydrogen) atoms. The van der Waals surface area contributed by atoms with Gasteiger partial charge in [0.1, 0.15) is 6.33 Å². The summed E-state index contributed by atoms with van der Waals surface area (Å²) >= 11 is 0. The van der Waals surface area contributed by atoms with Crippen LogP contribution in [0.5, 0.6) is 0 Å². The lowest BCUT2D eigenvalue weighted by atomic mass is 10.2. The fourth-order valence-electron chi connectivity index (χ4n) is 0.656. The minimum atomic E-state index is -0.530. The minimum absolute atomic E-state index is 0.183. The second-order valence-corrected chi connectivity index (χ2v) is 2.39. The second-order valence-electron chi connectivity index (χ2n) is 2.39. The summed E-state index contributed by atoms with van der Waals surface area (Å²) in [7, 11) is 1.70. The monoisotopic (exact) mass is 154 g/mol. The second kappa shape index (κ2) is 2.79. The van der Waals surface area contributed by atoms with Crippen LogP contribution in [0, 0.1) is 0 Å². The van der Waals surface area contributed by atoms with Crippen molar-refractivity contribution >= 4 is 5.78 Å². The molecule has 1 atom stereocenters. The van der Waals surface area contributed by atoms with Crippen molar-refractivity contribution in [3.05, 3.63) is 12.2 Å². The number of Topliss-reactive ketones (excluding diaryl/α,β-unsaturated/α-hetero) is 1. The Hall–Kier alpha value is -1.23. The zero-order valence-electron chi connectivity index (χ0n) is 6.48. The van der Waals surface area contributed by atoms with Crippen molar-refractivity contribution in [1.82, 2.24) is 14.8 Å². The first-order valence-corrected chi connectivity index (χ1v) is 3.26. The van der Waals surface area contributed by atoms with Gasteiger partial charge in [0.15, 0.2) is 0 Å². The van der Waals surface area contributed by atoms with E-state index >= 15 is 0 Å². The number of aromatic nitrogens is 3. The summed E-state index contributed by atoms with van der Waals surface area (Å²) in [6, 6.07) is -0.530. The maximum absolute atomic E-state index is 11.1. The SMILES string of the molecule is C[C@H](N)C(=O)c1ncn(C)n1. The van der Waals surface area contributed by atoms with Crippen LogP contribution >= 0.6 is 0 Å². The van der Waals surface area contributed by atoms with E-state index in [1.807, 2.05) is 0 Å². The smallest absolute Gasteiger partial charge is 0.218 e. The summed E-state index contributed by atoms with van der Waals surface area (Å²) in [6.45, 7) is 1.61. The highest BCUT2D eigenvalue weighted by Gasteiger charge is 2.14. The first kappa shape index (κ1) is 7.87. The van der Waals surface area contributed by atoms with Gasteiger partial charge in [-0.25, -0.2) is 4.98 Å². The molecule has 0 aliphatic rings. The topological polar surface area (TPSA) is 73.8 Å². The predicted octanol–water partition coefficient (Wildman–Crippen LogP) is -0.655. The lowest BCUT2D eigenvalue weighted by Gasteiger charge is -1.96. The van der Waals surface area contributed by atoms with Crippen molar-refractivity contribution in [3.63, 3.8) is 0 Å². The van der Waals surface area contributed by atoms with Crippen LogP contribution in [0.4, 0.5) is 0 Å². The highest BCUT2D eigenvalue weighted by atomic mass is 16.1. The average Bonchev–Trinajstić information content (AvgIpc) is 2.34. The van der Waals surface area contributed by atoms with Gasteiger partial charge in [0, 0.05) is 7.05 Å². The Morgan fingerprint density at radius 2 is 2.45 bits per heavy atom. The molecule has 0 aliphatic carbocycles.